The molecule has 0 aliphatic heterocycles. The van der Waals surface area contributed by atoms with Gasteiger partial charge in [-0.15, -0.1) is 0 Å². The van der Waals surface area contributed by atoms with E-state index in [4.69, 9.17) is 4.74 Å². The SMILES string of the molecule is CCOC1CC(=O)c2cccc(O)c2C1=O. The first-order valence-corrected chi connectivity index (χ1v) is 5.16. The second-order valence-electron chi connectivity index (χ2n) is 3.64. The number of phenols is 1. The van der Waals surface area contributed by atoms with Gasteiger partial charge in [0.25, 0.3) is 0 Å². The third-order valence-electron chi connectivity index (χ3n) is 2.62. The van der Waals surface area contributed by atoms with Crippen LogP contribution in [0.1, 0.15) is 34.1 Å². The number of benzene rings is 1. The highest BCUT2D eigenvalue weighted by Crippen LogP contribution is 2.29. The van der Waals surface area contributed by atoms with Gasteiger partial charge in [0, 0.05) is 18.6 Å². The smallest absolute Gasteiger partial charge is 0.196 e. The van der Waals surface area contributed by atoms with Gasteiger partial charge >= 0.3 is 0 Å². The second-order valence-corrected chi connectivity index (χ2v) is 3.64. The van der Waals surface area contributed by atoms with Crippen LogP contribution in [-0.2, 0) is 4.74 Å². The summed E-state index contributed by atoms with van der Waals surface area (Å²) in [6, 6.07) is 4.51. The van der Waals surface area contributed by atoms with Crippen LogP contribution in [0.5, 0.6) is 5.75 Å². The molecule has 0 amide bonds. The summed E-state index contributed by atoms with van der Waals surface area (Å²) in [5.74, 6) is -0.626. The van der Waals surface area contributed by atoms with Crippen LogP contribution in [0.4, 0.5) is 0 Å². The highest BCUT2D eigenvalue weighted by molar-refractivity contribution is 6.17. The van der Waals surface area contributed by atoms with Gasteiger partial charge in [-0.3, -0.25) is 9.59 Å². The van der Waals surface area contributed by atoms with Gasteiger partial charge < -0.3 is 9.84 Å². The Labute approximate surface area is 92.8 Å². The average molecular weight is 220 g/mol. The van der Waals surface area contributed by atoms with Crippen LogP contribution in [0.25, 0.3) is 0 Å². The first-order chi connectivity index (χ1) is 7.65. The molecule has 1 atom stereocenters. The Hall–Kier alpha value is -1.68. The largest absolute Gasteiger partial charge is 0.507 e. The lowest BCUT2D eigenvalue weighted by Crippen LogP contribution is -2.33. The van der Waals surface area contributed by atoms with Crippen molar-refractivity contribution in [1.82, 2.24) is 0 Å². The molecule has 1 unspecified atom stereocenters. The lowest BCUT2D eigenvalue weighted by Gasteiger charge is -2.22. The zero-order valence-corrected chi connectivity index (χ0v) is 8.90. The molecular formula is C12H12O4. The zero-order chi connectivity index (χ0) is 11.7. The van der Waals surface area contributed by atoms with E-state index in [1.54, 1.807) is 19.1 Å². The molecule has 0 spiro atoms. The van der Waals surface area contributed by atoms with Gasteiger partial charge in [0.05, 0.1) is 5.56 Å². The minimum absolute atomic E-state index is 0.0587. The molecule has 0 heterocycles. The normalized spacial score (nSPS) is 19.7. The third-order valence-corrected chi connectivity index (χ3v) is 2.62. The number of fused-ring (bicyclic) bond motifs is 1. The molecule has 1 aromatic rings. The summed E-state index contributed by atoms with van der Waals surface area (Å²) in [5, 5.41) is 9.60. The van der Waals surface area contributed by atoms with Crippen molar-refractivity contribution >= 4 is 11.6 Å². The number of rotatable bonds is 2. The van der Waals surface area contributed by atoms with E-state index in [1.807, 2.05) is 0 Å². The molecule has 0 fully saturated rings. The van der Waals surface area contributed by atoms with Crippen molar-refractivity contribution in [2.75, 3.05) is 6.61 Å². The number of ether oxygens (including phenoxy) is 1. The molecule has 1 aromatic carbocycles. The molecule has 0 aromatic heterocycles. The second kappa shape index (κ2) is 4.06. The van der Waals surface area contributed by atoms with Gasteiger partial charge in [-0.25, -0.2) is 0 Å². The minimum atomic E-state index is -0.752. The molecule has 0 bridgehead atoms. The first-order valence-electron chi connectivity index (χ1n) is 5.16. The molecule has 0 saturated carbocycles. The lowest BCUT2D eigenvalue weighted by molar-refractivity contribution is 0.0381. The standard InChI is InChI=1S/C12H12O4/c1-2-16-10-6-9(14)7-4-3-5-8(13)11(7)12(10)15/h3-5,10,13H,2,6H2,1H3. The van der Waals surface area contributed by atoms with Crippen molar-refractivity contribution in [3.8, 4) is 5.75 Å². The maximum Gasteiger partial charge on any atom is 0.196 e. The average Bonchev–Trinajstić information content (AvgIpc) is 2.25. The van der Waals surface area contributed by atoms with Crippen molar-refractivity contribution in [3.05, 3.63) is 29.3 Å². The number of hydrogen-bond donors (Lipinski definition) is 1. The number of carbonyl (C=O) groups excluding carboxylic acids is 2. The predicted octanol–water partition coefficient (Wildman–Crippen LogP) is 1.57. The van der Waals surface area contributed by atoms with Crippen molar-refractivity contribution in [2.24, 2.45) is 0 Å². The highest BCUT2D eigenvalue weighted by Gasteiger charge is 2.34. The van der Waals surface area contributed by atoms with Crippen molar-refractivity contribution < 1.29 is 19.4 Å². The molecule has 4 heteroatoms. The summed E-state index contributed by atoms with van der Waals surface area (Å²) in [6.07, 6.45) is -0.693. The van der Waals surface area contributed by atoms with Crippen molar-refractivity contribution in [3.63, 3.8) is 0 Å². The highest BCUT2D eigenvalue weighted by atomic mass is 16.5. The Balaban J connectivity index is 2.49. The number of carbonyl (C=O) groups is 2. The minimum Gasteiger partial charge on any atom is -0.507 e. The summed E-state index contributed by atoms with van der Waals surface area (Å²) in [4.78, 5) is 23.7. The van der Waals surface area contributed by atoms with E-state index in [0.717, 1.165) is 0 Å². The number of hydrogen-bond acceptors (Lipinski definition) is 4. The Kier molecular flexibility index (Phi) is 2.75. The monoisotopic (exact) mass is 220 g/mol. The van der Waals surface area contributed by atoms with Crippen LogP contribution in [0, 0.1) is 0 Å². The summed E-state index contributed by atoms with van der Waals surface area (Å²) in [5.41, 5.74) is 0.387. The molecule has 2 rings (SSSR count). The first kappa shape index (κ1) is 10.8. The van der Waals surface area contributed by atoms with Gasteiger partial charge in [0.15, 0.2) is 11.6 Å². The van der Waals surface area contributed by atoms with E-state index in [1.165, 1.54) is 6.07 Å². The molecule has 4 nitrogen and oxygen atoms in total. The maximum atomic E-state index is 11.9. The van der Waals surface area contributed by atoms with Gasteiger partial charge in [-0.05, 0) is 13.0 Å². The van der Waals surface area contributed by atoms with Crippen LogP contribution in [0.3, 0.4) is 0 Å². The van der Waals surface area contributed by atoms with Crippen molar-refractivity contribution in [1.29, 1.82) is 0 Å². The summed E-state index contributed by atoms with van der Waals surface area (Å²) in [7, 11) is 0. The summed E-state index contributed by atoms with van der Waals surface area (Å²) in [6.45, 7) is 2.13. The fourth-order valence-electron chi connectivity index (χ4n) is 1.90. The molecule has 1 N–H and O–H groups in total. The third kappa shape index (κ3) is 1.61. The quantitative estimate of drug-likeness (QED) is 0.821. The summed E-state index contributed by atoms with van der Waals surface area (Å²) < 4.78 is 5.20. The van der Waals surface area contributed by atoms with Crippen LogP contribution in [0.2, 0.25) is 0 Å². The Morgan fingerprint density at radius 3 is 2.88 bits per heavy atom. The van der Waals surface area contributed by atoms with E-state index in [0.29, 0.717) is 12.2 Å². The van der Waals surface area contributed by atoms with Gasteiger partial charge in [-0.2, -0.15) is 0 Å². The summed E-state index contributed by atoms with van der Waals surface area (Å²) >= 11 is 0. The van der Waals surface area contributed by atoms with Gasteiger partial charge in [-0.1, -0.05) is 12.1 Å². The molecule has 0 radical (unpaired) electrons. The van der Waals surface area contributed by atoms with E-state index in [-0.39, 0.29) is 29.3 Å². The molecule has 16 heavy (non-hydrogen) atoms. The maximum absolute atomic E-state index is 11.9. The number of Topliss-reactive ketones (excluding diaryl/α,β-unsaturated/α-hetero) is 2. The van der Waals surface area contributed by atoms with Crippen LogP contribution >= 0.6 is 0 Å². The fourth-order valence-corrected chi connectivity index (χ4v) is 1.90. The Morgan fingerprint density at radius 1 is 1.44 bits per heavy atom. The van der Waals surface area contributed by atoms with Crippen LogP contribution in [0.15, 0.2) is 18.2 Å². The van der Waals surface area contributed by atoms with Gasteiger partial charge in [0.2, 0.25) is 0 Å². The number of ketones is 2. The Morgan fingerprint density at radius 2 is 2.19 bits per heavy atom. The molecular weight excluding hydrogens is 208 g/mol. The number of phenolic OH excluding ortho intramolecular Hbond substituents is 1. The van der Waals surface area contributed by atoms with E-state index >= 15 is 0 Å². The molecule has 84 valence electrons. The van der Waals surface area contributed by atoms with Crippen LogP contribution in [-0.4, -0.2) is 29.4 Å². The molecule has 1 aliphatic rings. The topological polar surface area (TPSA) is 63.6 Å². The molecule has 0 saturated heterocycles. The fraction of sp³-hybridized carbons (Fsp3) is 0.333. The van der Waals surface area contributed by atoms with E-state index in [9.17, 15) is 14.7 Å². The zero-order valence-electron chi connectivity index (χ0n) is 8.90. The van der Waals surface area contributed by atoms with E-state index in [2.05, 4.69) is 0 Å². The number of aromatic hydroxyl groups is 1. The van der Waals surface area contributed by atoms with Crippen molar-refractivity contribution in [2.45, 2.75) is 19.4 Å². The van der Waals surface area contributed by atoms with E-state index < -0.39 is 6.10 Å². The molecule has 1 aliphatic carbocycles. The Bertz CT molecular complexity index is 450. The van der Waals surface area contributed by atoms with Gasteiger partial charge in [0.1, 0.15) is 11.9 Å². The lowest BCUT2D eigenvalue weighted by atomic mass is 9.87. The predicted molar refractivity (Wildman–Crippen MR) is 56.8 cm³/mol. The van der Waals surface area contributed by atoms with Crippen LogP contribution < -0.4 is 0 Å².